The van der Waals surface area contributed by atoms with Crippen molar-refractivity contribution in [2.75, 3.05) is 26.8 Å². The zero-order chi connectivity index (χ0) is 23.3. The van der Waals surface area contributed by atoms with Gasteiger partial charge in [-0.25, -0.2) is 13.2 Å². The van der Waals surface area contributed by atoms with Crippen LogP contribution in [0.3, 0.4) is 0 Å². The molecule has 1 aliphatic heterocycles. The van der Waals surface area contributed by atoms with Crippen molar-refractivity contribution in [1.82, 2.24) is 4.31 Å². The largest absolute Gasteiger partial charge is 0.496 e. The Bertz CT molecular complexity index is 1100. The zero-order valence-electron chi connectivity index (χ0n) is 18.7. The maximum absolute atomic E-state index is 13.1. The summed E-state index contributed by atoms with van der Waals surface area (Å²) >= 11 is 0. The number of ketones is 1. The van der Waals surface area contributed by atoms with Gasteiger partial charge in [0, 0.05) is 18.7 Å². The van der Waals surface area contributed by atoms with E-state index in [4.69, 9.17) is 9.47 Å². The topological polar surface area (TPSA) is 90.0 Å². The van der Waals surface area contributed by atoms with Gasteiger partial charge in [0.15, 0.2) is 12.4 Å². The van der Waals surface area contributed by atoms with Crippen molar-refractivity contribution >= 4 is 21.8 Å². The number of hydrogen-bond donors (Lipinski definition) is 0. The first kappa shape index (κ1) is 23.9. The van der Waals surface area contributed by atoms with Crippen LogP contribution in [-0.4, -0.2) is 51.3 Å². The molecule has 0 radical (unpaired) electrons. The summed E-state index contributed by atoms with van der Waals surface area (Å²) in [6.45, 7) is 4.31. The van der Waals surface area contributed by atoms with Gasteiger partial charge in [0.1, 0.15) is 11.3 Å². The van der Waals surface area contributed by atoms with Gasteiger partial charge in [0.05, 0.1) is 12.0 Å². The number of esters is 1. The maximum atomic E-state index is 13.1. The average Bonchev–Trinajstić information content (AvgIpc) is 3.08. The Labute approximate surface area is 189 Å². The highest BCUT2D eigenvalue weighted by molar-refractivity contribution is 7.89. The first-order valence-electron chi connectivity index (χ1n) is 10.7. The number of sulfonamides is 1. The van der Waals surface area contributed by atoms with Crippen LogP contribution in [0.5, 0.6) is 5.75 Å². The van der Waals surface area contributed by atoms with Crippen molar-refractivity contribution in [2.24, 2.45) is 0 Å². The predicted molar refractivity (Wildman–Crippen MR) is 121 cm³/mol. The van der Waals surface area contributed by atoms with Crippen LogP contribution in [0.2, 0.25) is 0 Å². The van der Waals surface area contributed by atoms with Gasteiger partial charge in [-0.1, -0.05) is 25.0 Å². The van der Waals surface area contributed by atoms with Gasteiger partial charge in [0.25, 0.3) is 0 Å². The molecule has 3 rings (SSSR count). The minimum Gasteiger partial charge on any atom is -0.496 e. The quantitative estimate of drug-likeness (QED) is 0.461. The van der Waals surface area contributed by atoms with E-state index >= 15 is 0 Å². The van der Waals surface area contributed by atoms with Crippen molar-refractivity contribution in [3.63, 3.8) is 0 Å². The summed E-state index contributed by atoms with van der Waals surface area (Å²) in [7, 11) is -2.36. The van der Waals surface area contributed by atoms with Gasteiger partial charge in [-0.3, -0.25) is 4.79 Å². The fourth-order valence-electron chi connectivity index (χ4n) is 3.65. The van der Waals surface area contributed by atoms with E-state index in [0.717, 1.165) is 36.8 Å². The summed E-state index contributed by atoms with van der Waals surface area (Å²) in [6, 6.07) is 9.41. The molecule has 172 valence electrons. The van der Waals surface area contributed by atoms with Crippen LogP contribution < -0.4 is 4.74 Å². The third-order valence-corrected chi connectivity index (χ3v) is 7.65. The molecule has 0 saturated carbocycles. The lowest BCUT2D eigenvalue weighted by molar-refractivity contribution is 0.0471. The van der Waals surface area contributed by atoms with Gasteiger partial charge >= 0.3 is 5.97 Å². The second kappa shape index (κ2) is 10.3. The minimum absolute atomic E-state index is 0.00707. The molecule has 1 heterocycles. The maximum Gasteiger partial charge on any atom is 0.342 e. The molecule has 2 aromatic rings. The lowest BCUT2D eigenvalue weighted by Crippen LogP contribution is -2.32. The molecule has 0 atom stereocenters. The lowest BCUT2D eigenvalue weighted by atomic mass is 10.0. The Morgan fingerprint density at radius 1 is 0.938 bits per heavy atom. The monoisotopic (exact) mass is 459 g/mol. The van der Waals surface area contributed by atoms with E-state index in [2.05, 4.69) is 0 Å². The molecular formula is C24H29NO6S. The second-order valence-electron chi connectivity index (χ2n) is 7.98. The van der Waals surface area contributed by atoms with E-state index in [1.165, 1.54) is 29.6 Å². The Balaban J connectivity index is 1.79. The SMILES string of the molecule is COc1ccc(S(=O)(=O)N2CCCCCC2)cc1C(=O)OCC(=O)c1ccc(C)c(C)c1. The Kier molecular flexibility index (Phi) is 7.69. The Morgan fingerprint density at radius 2 is 1.62 bits per heavy atom. The molecule has 0 aliphatic carbocycles. The van der Waals surface area contributed by atoms with Crippen LogP contribution >= 0.6 is 0 Å². The van der Waals surface area contributed by atoms with E-state index < -0.39 is 22.6 Å². The van der Waals surface area contributed by atoms with Crippen molar-refractivity contribution in [3.05, 3.63) is 58.7 Å². The molecule has 1 aliphatic rings. The normalized spacial score (nSPS) is 15.1. The fourth-order valence-corrected chi connectivity index (χ4v) is 5.19. The Hall–Kier alpha value is -2.71. The van der Waals surface area contributed by atoms with Crippen LogP contribution in [0.15, 0.2) is 41.3 Å². The number of nitrogens with zero attached hydrogens (tertiary/aromatic N) is 1. The first-order valence-corrected chi connectivity index (χ1v) is 12.1. The number of aryl methyl sites for hydroxylation is 2. The third-order valence-electron chi connectivity index (χ3n) is 5.76. The van der Waals surface area contributed by atoms with Crippen LogP contribution in [0.4, 0.5) is 0 Å². The number of carbonyl (C=O) groups excluding carboxylic acids is 2. The summed E-state index contributed by atoms with van der Waals surface area (Å²) < 4.78 is 38.1. The van der Waals surface area contributed by atoms with E-state index in [-0.39, 0.29) is 22.0 Å². The molecule has 0 N–H and O–H groups in total. The first-order chi connectivity index (χ1) is 15.2. The summed E-state index contributed by atoms with van der Waals surface area (Å²) in [5.74, 6) is -0.968. The molecule has 32 heavy (non-hydrogen) atoms. The molecule has 0 unspecified atom stereocenters. The van der Waals surface area contributed by atoms with Crippen LogP contribution in [-0.2, 0) is 14.8 Å². The highest BCUT2D eigenvalue weighted by atomic mass is 32.2. The molecule has 0 spiro atoms. The molecule has 0 amide bonds. The molecule has 2 aromatic carbocycles. The number of benzene rings is 2. The molecule has 0 bridgehead atoms. The number of Topliss-reactive ketones (excluding diaryl/α,β-unsaturated/α-hetero) is 1. The molecule has 7 nitrogen and oxygen atoms in total. The van der Waals surface area contributed by atoms with Gasteiger partial charge in [-0.2, -0.15) is 4.31 Å². The van der Waals surface area contributed by atoms with Crippen molar-refractivity contribution in [3.8, 4) is 5.75 Å². The molecule has 8 heteroatoms. The highest BCUT2D eigenvalue weighted by Gasteiger charge is 2.27. The lowest BCUT2D eigenvalue weighted by Gasteiger charge is -2.20. The third kappa shape index (κ3) is 5.37. The average molecular weight is 460 g/mol. The van der Waals surface area contributed by atoms with E-state index in [9.17, 15) is 18.0 Å². The van der Waals surface area contributed by atoms with Crippen molar-refractivity contribution in [1.29, 1.82) is 0 Å². The van der Waals surface area contributed by atoms with Gasteiger partial charge in [-0.15, -0.1) is 0 Å². The summed E-state index contributed by atoms with van der Waals surface area (Å²) in [5.41, 5.74) is 2.45. The fraction of sp³-hybridized carbons (Fsp3) is 0.417. The van der Waals surface area contributed by atoms with Gasteiger partial charge in [0.2, 0.25) is 10.0 Å². The smallest absolute Gasteiger partial charge is 0.342 e. The van der Waals surface area contributed by atoms with E-state index in [1.807, 2.05) is 19.9 Å². The number of carbonyl (C=O) groups is 2. The second-order valence-corrected chi connectivity index (χ2v) is 9.92. The molecular weight excluding hydrogens is 430 g/mol. The molecule has 1 saturated heterocycles. The zero-order valence-corrected chi connectivity index (χ0v) is 19.5. The minimum atomic E-state index is -3.75. The number of hydrogen-bond acceptors (Lipinski definition) is 6. The summed E-state index contributed by atoms with van der Waals surface area (Å²) in [6.07, 6.45) is 3.62. The standard InChI is InChI=1S/C24H29NO6S/c1-17-8-9-19(14-18(17)2)22(26)16-31-24(27)21-15-20(10-11-23(21)30-3)32(28,29)25-12-6-4-5-7-13-25/h8-11,14-15H,4-7,12-13,16H2,1-3H3. The van der Waals surface area contributed by atoms with E-state index in [0.29, 0.717) is 18.7 Å². The van der Waals surface area contributed by atoms with Crippen LogP contribution in [0.25, 0.3) is 0 Å². The number of rotatable bonds is 7. The van der Waals surface area contributed by atoms with Gasteiger partial charge in [-0.05, 0) is 62.1 Å². The van der Waals surface area contributed by atoms with Crippen LogP contribution in [0.1, 0.15) is 57.5 Å². The predicted octanol–water partition coefficient (Wildman–Crippen LogP) is 3.92. The van der Waals surface area contributed by atoms with E-state index in [1.54, 1.807) is 12.1 Å². The van der Waals surface area contributed by atoms with Crippen LogP contribution in [0, 0.1) is 13.8 Å². The molecule has 0 aromatic heterocycles. The Morgan fingerprint density at radius 3 is 2.25 bits per heavy atom. The number of ether oxygens (including phenoxy) is 2. The van der Waals surface area contributed by atoms with Crippen molar-refractivity contribution in [2.45, 2.75) is 44.4 Å². The van der Waals surface area contributed by atoms with Crippen molar-refractivity contribution < 1.29 is 27.5 Å². The summed E-state index contributed by atoms with van der Waals surface area (Å²) in [4.78, 5) is 25.2. The number of methoxy groups -OCH3 is 1. The van der Waals surface area contributed by atoms with Gasteiger partial charge < -0.3 is 9.47 Å². The summed E-state index contributed by atoms with van der Waals surface area (Å²) in [5, 5.41) is 0. The molecule has 1 fully saturated rings. The highest BCUT2D eigenvalue weighted by Crippen LogP contribution is 2.27.